The van der Waals surface area contributed by atoms with Crippen LogP contribution in [0.25, 0.3) is 22.0 Å². The number of esters is 2. The number of hydrogen-bond acceptors (Lipinski definition) is 19. The lowest BCUT2D eigenvalue weighted by Crippen LogP contribution is -2.58. The molecule has 2 bridgehead atoms. The molecule has 20 atom stereocenters. The lowest BCUT2D eigenvalue weighted by Gasteiger charge is -2.48. The number of amides is 2. The van der Waals surface area contributed by atoms with Gasteiger partial charge in [0.05, 0.1) is 49.4 Å². The third-order valence-corrected chi connectivity index (χ3v) is 20.1. The Morgan fingerprint density at radius 2 is 1.55 bits per heavy atom. The number of imide groups is 1. The normalized spacial score (nSPS) is 37.9. The molecule has 2 amide bonds. The SMILES string of the molecule is CC[C@@H](C)[C@H]1O[C@]2(C=C[C@H]1C)CC1CC(C/C=C(\C)[C@@H](OC3C[C@H](OC)[C@@H](O[C@H]4C[C@H](OC)[C@@H](OC(=O)CCCCCn5cc(-c6ccc7c8c(cccc68)C(=O)N(CC)C7=O)nn5)[C@H](C)O4)[C@H](C)O3)C(C)/C=C/C=C3\COC4[C@H](O)C(C)=CC(C(=O)O1)[C@]34O)O2. The number of aryl methyl sites for hydroxylation is 1. The molecule has 91 heavy (non-hydrogen) atoms. The minimum atomic E-state index is -1.87. The summed E-state index contributed by atoms with van der Waals surface area (Å²) in [4.78, 5) is 55.5. The van der Waals surface area contributed by atoms with Crippen molar-refractivity contribution in [3.63, 3.8) is 0 Å². The molecule has 8 aliphatic rings. The Morgan fingerprint density at radius 3 is 2.29 bits per heavy atom. The Morgan fingerprint density at radius 1 is 0.835 bits per heavy atom. The van der Waals surface area contributed by atoms with E-state index in [0.717, 1.165) is 35.8 Å². The summed E-state index contributed by atoms with van der Waals surface area (Å²) in [6.07, 6.45) is 11.6. The van der Waals surface area contributed by atoms with E-state index in [-0.39, 0.29) is 67.5 Å². The first kappa shape index (κ1) is 66.6. The molecule has 0 radical (unpaired) electrons. The molecule has 1 aliphatic carbocycles. The quantitative estimate of drug-likeness (QED) is 0.0553. The number of ether oxygens (including phenoxy) is 11. The summed E-state index contributed by atoms with van der Waals surface area (Å²) in [5.74, 6) is -3.72. The van der Waals surface area contributed by atoms with Gasteiger partial charge in [0.2, 0.25) is 0 Å². The lowest BCUT2D eigenvalue weighted by atomic mass is 9.71. The first-order valence-electron chi connectivity index (χ1n) is 32.9. The second-order valence-corrected chi connectivity index (χ2v) is 26.3. The van der Waals surface area contributed by atoms with E-state index < -0.39 is 103 Å². The van der Waals surface area contributed by atoms with E-state index in [4.69, 9.17) is 52.1 Å². The van der Waals surface area contributed by atoms with E-state index in [9.17, 15) is 29.4 Å². The lowest BCUT2D eigenvalue weighted by molar-refractivity contribution is -0.319. The standard InChI is InChI=1S/C70H92N4O17/c1-12-38(3)62-41(6)28-29-69(91-62)35-47-32-46(90-69)25-24-40(5)61(39(4)19-17-20-45-37-83-65-60(76)42(7)31-52(68(79)86-47)70(45,65)80)88-57-34-55(82-11)64(44(9)85-57)89-58-33-54(81-10)63(43(8)84-58)87-56(75)23-15-14-16-30-73-36-53(71-72-73)48-26-27-51-59-49(48)21-18-22-50(59)66(77)74(13-2)67(51)78/h17-22,24,26-29,31,36,38-39,41,43-44,46-47,52,54-55,57-58,60-65,76,80H,12-16,23,25,30,32-35,37H2,1-11H3/b19-17+,40-24+,45-20+/t38-,39?,41-,43+,44+,46?,47?,52?,54+,55+,57?,58+,60-,61+,62-,63+,64+,65?,69-,70-/m1/s1. The van der Waals surface area contributed by atoms with Gasteiger partial charge in [-0.1, -0.05) is 100 Å². The smallest absolute Gasteiger partial charge is 0.316 e. The van der Waals surface area contributed by atoms with Gasteiger partial charge in [-0.05, 0) is 100 Å². The topological polar surface area (TPSA) is 244 Å². The predicted octanol–water partition coefficient (Wildman–Crippen LogP) is 9.22. The van der Waals surface area contributed by atoms with Gasteiger partial charge in [-0.3, -0.25) is 28.8 Å². The summed E-state index contributed by atoms with van der Waals surface area (Å²) < 4.78 is 73.1. The van der Waals surface area contributed by atoms with Crippen LogP contribution in [0.2, 0.25) is 0 Å². The van der Waals surface area contributed by atoms with E-state index in [1.54, 1.807) is 57.0 Å². The summed E-state index contributed by atoms with van der Waals surface area (Å²) in [7, 11) is 3.23. The van der Waals surface area contributed by atoms with Gasteiger partial charge in [-0.2, -0.15) is 0 Å². The molecule has 2 aromatic carbocycles. The number of allylic oxidation sites excluding steroid dienone is 2. The zero-order valence-corrected chi connectivity index (χ0v) is 54.4. The number of aromatic nitrogens is 3. The van der Waals surface area contributed by atoms with Gasteiger partial charge in [0.1, 0.15) is 47.7 Å². The number of fused-ring (bicyclic) bond motifs is 2. The highest BCUT2D eigenvalue weighted by Crippen LogP contribution is 2.48. The zero-order chi connectivity index (χ0) is 64.6. The fourth-order valence-electron chi connectivity index (χ4n) is 14.8. The first-order chi connectivity index (χ1) is 43.7. The Kier molecular flexibility index (Phi) is 20.5. The number of rotatable bonds is 17. The third kappa shape index (κ3) is 13.5. The fourth-order valence-corrected chi connectivity index (χ4v) is 14.8. The molecular formula is C70H92N4O17. The summed E-state index contributed by atoms with van der Waals surface area (Å²) in [5, 5.41) is 34.2. The van der Waals surface area contributed by atoms with Crippen molar-refractivity contribution in [2.24, 2.45) is 23.7 Å². The maximum absolute atomic E-state index is 14.5. The van der Waals surface area contributed by atoms with Gasteiger partial charge in [-0.15, -0.1) is 5.10 Å². The number of nitrogens with zero attached hydrogens (tertiary/aromatic N) is 4. The van der Waals surface area contributed by atoms with Crippen LogP contribution >= 0.6 is 0 Å². The highest BCUT2D eigenvalue weighted by molar-refractivity contribution is 6.26. The minimum absolute atomic E-state index is 0.00420. The molecule has 2 N–H and O–H groups in total. The number of unbranched alkanes of at least 4 members (excludes halogenated alkanes) is 2. The number of aliphatic hydroxyl groups is 2. The van der Waals surface area contributed by atoms with Gasteiger partial charge in [0.15, 0.2) is 24.5 Å². The van der Waals surface area contributed by atoms with E-state index >= 15 is 0 Å². The van der Waals surface area contributed by atoms with Crippen molar-refractivity contribution in [2.75, 3.05) is 27.4 Å². The minimum Gasteiger partial charge on any atom is -0.462 e. The summed E-state index contributed by atoms with van der Waals surface area (Å²) in [5.41, 5.74) is 2.43. The molecule has 3 aromatic rings. The zero-order valence-electron chi connectivity index (χ0n) is 54.4. The Labute approximate surface area is 533 Å². The van der Waals surface area contributed by atoms with Gasteiger partial charge < -0.3 is 62.3 Å². The molecule has 0 saturated carbocycles. The average molecular weight is 1260 g/mol. The third-order valence-electron chi connectivity index (χ3n) is 20.1. The van der Waals surface area contributed by atoms with Gasteiger partial charge in [0, 0.05) is 93.3 Å². The number of methoxy groups -OCH3 is 2. The molecule has 1 spiro atoms. The van der Waals surface area contributed by atoms with Crippen molar-refractivity contribution in [3.8, 4) is 11.3 Å². The van der Waals surface area contributed by atoms with Crippen LogP contribution in [0.5, 0.6) is 0 Å². The van der Waals surface area contributed by atoms with Crippen molar-refractivity contribution in [3.05, 3.63) is 107 Å². The average Bonchev–Trinajstić information content (AvgIpc) is 1.74. The van der Waals surface area contributed by atoms with E-state index in [1.807, 2.05) is 63.4 Å². The molecule has 1 aromatic heterocycles. The number of aliphatic hydroxyl groups excluding tert-OH is 1. The Bertz CT molecular complexity index is 3300. The number of carbonyl (C=O) groups is 4. The van der Waals surface area contributed by atoms with Gasteiger partial charge in [0.25, 0.3) is 11.8 Å². The predicted molar refractivity (Wildman–Crippen MR) is 334 cm³/mol. The van der Waals surface area contributed by atoms with E-state index in [0.29, 0.717) is 72.1 Å². The van der Waals surface area contributed by atoms with Crippen molar-refractivity contribution in [1.82, 2.24) is 19.9 Å². The first-order valence-corrected chi connectivity index (χ1v) is 32.9. The van der Waals surface area contributed by atoms with Crippen LogP contribution in [0.15, 0.2) is 95.8 Å². The highest BCUT2D eigenvalue weighted by Gasteiger charge is 2.60. The molecule has 4 saturated heterocycles. The second kappa shape index (κ2) is 28.0. The monoisotopic (exact) mass is 1260 g/mol. The molecule has 8 heterocycles. The number of carbonyl (C=O) groups excluding carboxylic acids is 4. The number of hydrogen-bond donors (Lipinski definition) is 2. The maximum atomic E-state index is 14.5. The van der Waals surface area contributed by atoms with Crippen LogP contribution in [0.3, 0.4) is 0 Å². The molecule has 7 aliphatic heterocycles. The molecule has 494 valence electrons. The largest absolute Gasteiger partial charge is 0.462 e. The van der Waals surface area contributed by atoms with Crippen molar-refractivity contribution in [2.45, 2.75) is 230 Å². The van der Waals surface area contributed by atoms with Crippen LogP contribution in [0.1, 0.15) is 147 Å². The highest BCUT2D eigenvalue weighted by atomic mass is 16.7. The molecule has 21 heteroatoms. The van der Waals surface area contributed by atoms with Crippen LogP contribution in [-0.4, -0.2) is 178 Å². The van der Waals surface area contributed by atoms with Gasteiger partial charge >= 0.3 is 11.9 Å². The van der Waals surface area contributed by atoms with Crippen LogP contribution in [-0.2, 0) is 68.2 Å². The maximum Gasteiger partial charge on any atom is 0.316 e. The van der Waals surface area contributed by atoms with E-state index in [1.165, 1.54) is 4.90 Å². The van der Waals surface area contributed by atoms with E-state index in [2.05, 4.69) is 50.2 Å². The van der Waals surface area contributed by atoms with Crippen LogP contribution < -0.4 is 0 Å². The van der Waals surface area contributed by atoms with Crippen LogP contribution in [0.4, 0.5) is 0 Å². The Balaban J connectivity index is 0.707. The van der Waals surface area contributed by atoms with Crippen molar-refractivity contribution < 1.29 is 81.5 Å². The summed E-state index contributed by atoms with van der Waals surface area (Å²) >= 11 is 0. The molecule has 21 nitrogen and oxygen atoms in total. The van der Waals surface area contributed by atoms with Crippen molar-refractivity contribution >= 4 is 34.5 Å². The molecule has 6 unspecified atom stereocenters. The second-order valence-electron chi connectivity index (χ2n) is 26.3. The molecular weight excluding hydrogens is 1170 g/mol. The fraction of sp³-hybridized carbons (Fsp3) is 0.629. The number of benzene rings is 2. The molecule has 11 rings (SSSR count). The summed E-state index contributed by atoms with van der Waals surface area (Å²) in [6, 6.07) is 9.09. The Hall–Kier alpha value is -5.82. The van der Waals surface area contributed by atoms with Gasteiger partial charge in [-0.25, -0.2) is 0 Å². The molecule has 4 fully saturated rings. The van der Waals surface area contributed by atoms with Crippen molar-refractivity contribution in [1.29, 1.82) is 0 Å². The van der Waals surface area contributed by atoms with Crippen LogP contribution in [0, 0.1) is 23.7 Å². The summed E-state index contributed by atoms with van der Waals surface area (Å²) in [6.45, 7) is 18.7.